The van der Waals surface area contributed by atoms with Crippen LogP contribution >= 0.6 is 58.0 Å². The summed E-state index contributed by atoms with van der Waals surface area (Å²) < 4.78 is 16.1. The molecule has 0 spiro atoms. The van der Waals surface area contributed by atoms with Gasteiger partial charge in [0.1, 0.15) is 39.4 Å². The van der Waals surface area contributed by atoms with E-state index in [1.165, 1.54) is 16.7 Å². The van der Waals surface area contributed by atoms with E-state index in [-0.39, 0.29) is 39.8 Å². The number of carbonyl (C=O) groups is 3. The van der Waals surface area contributed by atoms with Gasteiger partial charge in [-0.2, -0.15) is 9.97 Å². The lowest BCUT2D eigenvalue weighted by molar-refractivity contribution is 0.0221. The maximum atomic E-state index is 12.2. The molecule has 11 rings (SSSR count). The maximum absolute atomic E-state index is 12.2. The fourth-order valence-corrected chi connectivity index (χ4v) is 10.5. The molecule has 6 N–H and O–H groups in total. The Balaban J connectivity index is 0.000000231. The number of alkyl halides is 2. The lowest BCUT2D eigenvalue weighted by Crippen LogP contribution is -2.50. The predicted octanol–water partition coefficient (Wildman–Crippen LogP) is 14.6. The van der Waals surface area contributed by atoms with E-state index in [4.69, 9.17) is 77.9 Å². The third-order valence-corrected chi connectivity index (χ3v) is 15.2. The van der Waals surface area contributed by atoms with E-state index in [2.05, 4.69) is 114 Å². The fraction of sp³-hybridized carbons (Fsp3) is 0.493. The number of hydrogen-bond donors (Lipinski definition) is 5. The molecule has 0 radical (unpaired) electrons. The molecule has 0 unspecified atom stereocenters. The zero-order valence-corrected chi connectivity index (χ0v) is 66.2. The molecule has 4 fully saturated rings. The summed E-state index contributed by atoms with van der Waals surface area (Å²) in [5.41, 5.74) is 14.1. The number of benzene rings is 3. The molecule has 3 aromatic carbocycles. The number of piperazine rings is 4. The number of halogens is 5. The minimum atomic E-state index is -0.478. The van der Waals surface area contributed by atoms with Gasteiger partial charge in [0.25, 0.3) is 0 Å². The first kappa shape index (κ1) is 85.6. The van der Waals surface area contributed by atoms with Gasteiger partial charge in [-0.1, -0.05) is 64.7 Å². The molecule has 25 nitrogen and oxygen atoms in total. The van der Waals surface area contributed by atoms with Crippen molar-refractivity contribution in [2.24, 2.45) is 0 Å². The third kappa shape index (κ3) is 34.0. The second kappa shape index (κ2) is 42.0. The SMILES string of the molecule is CC(C)(C)OC(=O)N1CCNCC1.Cc1cc(Cl)nc(Cl)n1.Cc1cc(N2CCN(C(=O)OC(C)(C)C)CC2)nc(Cl)n1.Cc1ccc(N)cc1.Cc1ccc(Nc2nc(C)cc(N3CCN(C(=O)OC(C)(C)C)CC3)n2)cc1.Cc1ccc(Nc2nc(C)cc(N3CCNCC3)n2)cc1.ClCCl. The van der Waals surface area contributed by atoms with Crippen molar-refractivity contribution in [1.29, 1.82) is 0 Å². The minimum absolute atomic E-state index is 0.194. The second-order valence-corrected chi connectivity index (χ2v) is 29.3. The molecule has 4 aliphatic heterocycles. The number of hydrogen-bond acceptors (Lipinski definition) is 22. The van der Waals surface area contributed by atoms with Crippen LogP contribution in [0.1, 0.15) is 102 Å². The molecular weight excluding hydrogens is 1420 g/mol. The van der Waals surface area contributed by atoms with Gasteiger partial charge in [0.05, 0.1) is 5.34 Å². The van der Waals surface area contributed by atoms with Crippen molar-refractivity contribution >= 4 is 123 Å². The van der Waals surface area contributed by atoms with Crippen LogP contribution in [0.4, 0.5) is 60.8 Å². The first-order chi connectivity index (χ1) is 48.5. The molecule has 0 bridgehead atoms. The van der Waals surface area contributed by atoms with Crippen LogP contribution in [0.15, 0.2) is 97.1 Å². The zero-order chi connectivity index (χ0) is 76.0. The van der Waals surface area contributed by atoms with Crippen LogP contribution in [0.25, 0.3) is 0 Å². The number of anilines is 8. The van der Waals surface area contributed by atoms with Crippen LogP contribution in [0, 0.1) is 48.5 Å². The van der Waals surface area contributed by atoms with E-state index < -0.39 is 11.2 Å². The molecule has 4 saturated heterocycles. The van der Waals surface area contributed by atoms with Gasteiger partial charge >= 0.3 is 18.3 Å². The molecular formula is C73H104Cl5N19O6. The Hall–Kier alpha value is -8.04. The van der Waals surface area contributed by atoms with E-state index >= 15 is 0 Å². The molecule has 30 heteroatoms. The quantitative estimate of drug-likeness (QED) is 0.0326. The number of nitrogens with zero attached hydrogens (tertiary/aromatic N) is 14. The van der Waals surface area contributed by atoms with Gasteiger partial charge in [0.15, 0.2) is 0 Å². The number of aromatic nitrogens is 8. The molecule has 562 valence electrons. The molecule has 4 aliphatic rings. The Morgan fingerprint density at radius 3 is 1.02 bits per heavy atom. The van der Waals surface area contributed by atoms with Gasteiger partial charge in [-0.25, -0.2) is 44.3 Å². The van der Waals surface area contributed by atoms with Crippen LogP contribution in [-0.4, -0.2) is 200 Å². The Morgan fingerprint density at radius 1 is 0.408 bits per heavy atom. The van der Waals surface area contributed by atoms with Gasteiger partial charge in [-0.15, -0.1) is 23.2 Å². The monoisotopic (exact) mass is 1520 g/mol. The number of rotatable bonds is 7. The number of ether oxygens (including phenoxy) is 3. The van der Waals surface area contributed by atoms with E-state index in [1.807, 2.05) is 157 Å². The maximum Gasteiger partial charge on any atom is 0.410 e. The fourth-order valence-electron chi connectivity index (χ4n) is 9.77. The zero-order valence-electron chi connectivity index (χ0n) is 62.4. The standard InChI is InChI=1S/C21H29N5O2.C16H21N5.C14H21ClN4O2.C9H18N2O2.C7H9N.C5H4Cl2N2.CH2Cl2/c1-15-6-8-17(9-7-15)23-19-22-16(2)14-18(24-19)25-10-12-26(13-11-25)20(27)28-21(3,4)5;1-12-3-5-14(6-4-12)19-16-18-13(2)11-15(20-16)21-9-7-17-8-10-21;1-10-9-11(17-12(15)16-10)18-5-7-19(8-6-18)13(20)21-14(2,3)4;1-9(2,3)13-8(12)11-6-4-10-5-7-11;1-6-2-4-7(8)5-3-6;1-3-2-4(6)9-5(7)8-3;2-1-3/h6-9,14H,10-13H2,1-5H3,(H,22,23,24);3-6,11,17H,7-10H2,1-2H3,(H,18,19,20);9H,5-8H2,1-4H3;10H,4-7H2,1-3H3;2-5H,8H2,1H3;2H,1H3;1H2. The van der Waals surface area contributed by atoms with Gasteiger partial charge in [0, 0.05) is 163 Å². The topological polar surface area (TPSA) is 276 Å². The van der Waals surface area contributed by atoms with E-state index in [9.17, 15) is 14.4 Å². The Labute approximate surface area is 633 Å². The van der Waals surface area contributed by atoms with Crippen molar-refractivity contribution in [3.05, 3.63) is 152 Å². The van der Waals surface area contributed by atoms with Crippen LogP contribution in [0.3, 0.4) is 0 Å². The van der Waals surface area contributed by atoms with Gasteiger partial charge in [-0.3, -0.25) is 0 Å². The first-order valence-electron chi connectivity index (χ1n) is 34.1. The summed E-state index contributed by atoms with van der Waals surface area (Å²) in [6, 6.07) is 31.7. The van der Waals surface area contributed by atoms with Crippen molar-refractivity contribution < 1.29 is 28.6 Å². The largest absolute Gasteiger partial charge is 0.444 e. The average molecular weight is 1520 g/mol. The number of amides is 3. The van der Waals surface area contributed by atoms with Crippen molar-refractivity contribution in [1.82, 2.24) is 65.2 Å². The average Bonchev–Trinajstić information content (AvgIpc) is 0.826. The number of nitrogens with two attached hydrogens (primary N) is 1. The number of aryl methyl sites for hydroxylation is 7. The summed E-state index contributed by atoms with van der Waals surface area (Å²) in [4.78, 5) is 81.6. The lowest BCUT2D eigenvalue weighted by Gasteiger charge is -2.36. The molecule has 103 heavy (non-hydrogen) atoms. The Morgan fingerprint density at radius 2 is 0.699 bits per heavy atom. The van der Waals surface area contributed by atoms with Crippen molar-refractivity contribution in [3.8, 4) is 0 Å². The Bertz CT molecular complexity index is 3630. The Kier molecular flexibility index (Phi) is 34.9. The normalized spacial score (nSPS) is 14.4. The van der Waals surface area contributed by atoms with E-state index in [0.29, 0.717) is 69.4 Å². The predicted molar refractivity (Wildman–Crippen MR) is 419 cm³/mol. The molecule has 8 heterocycles. The van der Waals surface area contributed by atoms with Crippen molar-refractivity contribution in [2.75, 3.05) is 141 Å². The molecule has 7 aromatic rings. The summed E-state index contributed by atoms with van der Waals surface area (Å²) in [5.74, 6) is 3.90. The first-order valence-corrected chi connectivity index (χ1v) is 36.3. The molecule has 0 saturated carbocycles. The minimum Gasteiger partial charge on any atom is -0.444 e. The lowest BCUT2D eigenvalue weighted by atomic mass is 10.2. The summed E-state index contributed by atoms with van der Waals surface area (Å²) in [5, 5.41) is 14.1. The highest BCUT2D eigenvalue weighted by atomic mass is 35.5. The highest BCUT2D eigenvalue weighted by Gasteiger charge is 2.29. The summed E-state index contributed by atoms with van der Waals surface area (Å²) in [6.45, 7) is 43.2. The van der Waals surface area contributed by atoms with Crippen LogP contribution in [0.5, 0.6) is 0 Å². The highest BCUT2D eigenvalue weighted by molar-refractivity contribution is 6.40. The molecule has 4 aromatic heterocycles. The van der Waals surface area contributed by atoms with Crippen LogP contribution in [0.2, 0.25) is 15.7 Å². The third-order valence-electron chi connectivity index (χ3n) is 14.7. The van der Waals surface area contributed by atoms with E-state index in [1.54, 1.807) is 27.7 Å². The smallest absolute Gasteiger partial charge is 0.410 e. The van der Waals surface area contributed by atoms with Crippen LogP contribution in [-0.2, 0) is 14.2 Å². The summed E-state index contributed by atoms with van der Waals surface area (Å²) >= 11 is 26.4. The second-order valence-electron chi connectivity index (χ2n) is 27.5. The number of nitrogen functional groups attached to an aromatic ring is 1. The van der Waals surface area contributed by atoms with Gasteiger partial charge < -0.3 is 70.6 Å². The summed E-state index contributed by atoms with van der Waals surface area (Å²) in [6.07, 6.45) is -0.721. The number of nitrogens with one attached hydrogen (secondary N) is 4. The number of carbonyl (C=O) groups excluding carboxylic acids is 3. The van der Waals surface area contributed by atoms with Gasteiger partial charge in [0.2, 0.25) is 22.5 Å². The van der Waals surface area contributed by atoms with Gasteiger partial charge in [-0.05, 0) is 176 Å². The highest BCUT2D eigenvalue weighted by Crippen LogP contribution is 2.24. The summed E-state index contributed by atoms with van der Waals surface area (Å²) in [7, 11) is 0. The molecule has 0 atom stereocenters. The van der Waals surface area contributed by atoms with Crippen molar-refractivity contribution in [2.45, 2.75) is 128 Å². The van der Waals surface area contributed by atoms with Crippen molar-refractivity contribution in [3.63, 3.8) is 0 Å². The van der Waals surface area contributed by atoms with Crippen LogP contribution < -0.4 is 41.7 Å². The van der Waals surface area contributed by atoms with E-state index in [0.717, 1.165) is 110 Å². The molecule has 3 amide bonds. The molecule has 0 aliphatic carbocycles.